The van der Waals surface area contributed by atoms with Crippen molar-refractivity contribution in [1.82, 2.24) is 16.0 Å². The van der Waals surface area contributed by atoms with E-state index in [4.69, 9.17) is 14.2 Å². The van der Waals surface area contributed by atoms with Crippen molar-refractivity contribution in [1.29, 1.82) is 0 Å². The van der Waals surface area contributed by atoms with Gasteiger partial charge >= 0.3 is 0 Å². The molecule has 2 aliphatic rings. The Labute approximate surface area is 204 Å². The van der Waals surface area contributed by atoms with Crippen LogP contribution < -0.4 is 16.0 Å². The first-order chi connectivity index (χ1) is 14.6. The molecule has 0 bridgehead atoms. The molecule has 2 fully saturated rings. The second-order valence-corrected chi connectivity index (χ2v) is 8.46. The van der Waals surface area contributed by atoms with Crippen molar-refractivity contribution < 1.29 is 14.2 Å². The number of nitrogens with zero attached hydrogens (tertiary/aromatic N) is 1. The molecule has 8 heteroatoms. The van der Waals surface area contributed by atoms with E-state index in [2.05, 4.69) is 65.1 Å². The van der Waals surface area contributed by atoms with E-state index in [9.17, 15) is 0 Å². The Hall–Kier alpha value is -0.940. The highest BCUT2D eigenvalue weighted by Gasteiger charge is 2.34. The largest absolute Gasteiger partial charge is 0.381 e. The first-order valence-corrected chi connectivity index (χ1v) is 11.2. The van der Waals surface area contributed by atoms with Crippen LogP contribution in [0.4, 0.5) is 0 Å². The molecule has 3 atom stereocenters. The van der Waals surface area contributed by atoms with Gasteiger partial charge in [-0.25, -0.2) is 0 Å². The zero-order valence-corrected chi connectivity index (χ0v) is 21.4. The molecule has 0 amide bonds. The van der Waals surface area contributed by atoms with Gasteiger partial charge in [0.1, 0.15) is 0 Å². The summed E-state index contributed by atoms with van der Waals surface area (Å²) in [6.45, 7) is 8.82. The third-order valence-electron chi connectivity index (χ3n) is 5.94. The van der Waals surface area contributed by atoms with E-state index in [0.29, 0.717) is 13.2 Å². The lowest BCUT2D eigenvalue weighted by atomic mass is 9.88. The van der Waals surface area contributed by atoms with Crippen molar-refractivity contribution in [3.8, 4) is 0 Å². The number of nitrogens with one attached hydrogen (secondary N) is 3. The van der Waals surface area contributed by atoms with Crippen LogP contribution in [0.5, 0.6) is 0 Å². The van der Waals surface area contributed by atoms with Crippen LogP contribution in [-0.4, -0.2) is 70.3 Å². The number of aliphatic imine (C=N–C) groups is 1. The minimum absolute atomic E-state index is 0. The highest BCUT2D eigenvalue weighted by atomic mass is 127. The zero-order chi connectivity index (χ0) is 21.2. The van der Waals surface area contributed by atoms with Gasteiger partial charge in [-0.2, -0.15) is 0 Å². The van der Waals surface area contributed by atoms with Gasteiger partial charge in [-0.05, 0) is 38.7 Å². The van der Waals surface area contributed by atoms with Gasteiger partial charge in [-0.1, -0.05) is 30.3 Å². The van der Waals surface area contributed by atoms with Crippen molar-refractivity contribution in [3.05, 3.63) is 35.9 Å². The van der Waals surface area contributed by atoms with Crippen LogP contribution in [0.25, 0.3) is 0 Å². The van der Waals surface area contributed by atoms with E-state index in [-0.39, 0.29) is 47.7 Å². The van der Waals surface area contributed by atoms with Gasteiger partial charge in [0, 0.05) is 51.0 Å². The van der Waals surface area contributed by atoms with E-state index in [1.165, 1.54) is 5.56 Å². The topological polar surface area (TPSA) is 76.1 Å². The molecule has 3 N–H and O–H groups in total. The first kappa shape index (κ1) is 26.3. The summed E-state index contributed by atoms with van der Waals surface area (Å²) in [7, 11) is 1.81. The van der Waals surface area contributed by atoms with Gasteiger partial charge in [-0.3, -0.25) is 4.99 Å². The van der Waals surface area contributed by atoms with Gasteiger partial charge < -0.3 is 30.2 Å². The number of benzene rings is 1. The van der Waals surface area contributed by atoms with Gasteiger partial charge in [0.05, 0.1) is 19.3 Å². The monoisotopic (exact) mass is 546 g/mol. The summed E-state index contributed by atoms with van der Waals surface area (Å²) >= 11 is 0. The number of rotatable bonds is 9. The summed E-state index contributed by atoms with van der Waals surface area (Å²) in [5.41, 5.74) is 1.26. The molecule has 7 nitrogen and oxygen atoms in total. The predicted octanol–water partition coefficient (Wildman–Crippen LogP) is 2.86. The molecule has 0 saturated carbocycles. The predicted molar refractivity (Wildman–Crippen MR) is 135 cm³/mol. The van der Waals surface area contributed by atoms with Crippen LogP contribution in [0.3, 0.4) is 0 Å². The summed E-state index contributed by atoms with van der Waals surface area (Å²) in [5, 5.41) is 10.9. The first-order valence-electron chi connectivity index (χ1n) is 11.2. The van der Waals surface area contributed by atoms with E-state index in [1.807, 2.05) is 7.05 Å². The molecule has 0 spiro atoms. The van der Waals surface area contributed by atoms with Gasteiger partial charge in [0.15, 0.2) is 5.96 Å². The molecule has 31 heavy (non-hydrogen) atoms. The smallest absolute Gasteiger partial charge is 0.191 e. The quantitative estimate of drug-likeness (QED) is 0.251. The molecule has 2 saturated heterocycles. The van der Waals surface area contributed by atoms with E-state index in [0.717, 1.165) is 51.6 Å². The fourth-order valence-electron chi connectivity index (χ4n) is 4.07. The van der Waals surface area contributed by atoms with Crippen LogP contribution in [0.2, 0.25) is 0 Å². The lowest BCUT2D eigenvalue weighted by Gasteiger charge is -2.41. The SMILES string of the molecule is CN=C(NCC1(NC(C)c2ccccc2)CCOCC1)NC(C)COC1CCOC1.I. The lowest BCUT2D eigenvalue weighted by molar-refractivity contribution is 0.0335. The van der Waals surface area contributed by atoms with Crippen LogP contribution in [-0.2, 0) is 14.2 Å². The maximum atomic E-state index is 5.93. The average Bonchev–Trinajstić information content (AvgIpc) is 3.30. The number of hydrogen-bond acceptors (Lipinski definition) is 5. The third-order valence-corrected chi connectivity index (χ3v) is 5.94. The molecule has 1 aromatic carbocycles. The van der Waals surface area contributed by atoms with Crippen molar-refractivity contribution in [2.75, 3.05) is 46.6 Å². The molecule has 3 unspecified atom stereocenters. The number of ether oxygens (including phenoxy) is 3. The van der Waals surface area contributed by atoms with Gasteiger partial charge in [0.2, 0.25) is 0 Å². The van der Waals surface area contributed by atoms with Gasteiger partial charge in [-0.15, -0.1) is 24.0 Å². The molecule has 0 aromatic heterocycles. The molecular weight excluding hydrogens is 507 g/mol. The van der Waals surface area contributed by atoms with E-state index >= 15 is 0 Å². The van der Waals surface area contributed by atoms with E-state index in [1.54, 1.807) is 0 Å². The fraction of sp³-hybridized carbons (Fsp3) is 0.696. The maximum absolute atomic E-state index is 5.93. The molecule has 0 aliphatic carbocycles. The highest BCUT2D eigenvalue weighted by molar-refractivity contribution is 14.0. The fourth-order valence-corrected chi connectivity index (χ4v) is 4.07. The summed E-state index contributed by atoms with van der Waals surface area (Å²) in [6, 6.07) is 11.0. The summed E-state index contributed by atoms with van der Waals surface area (Å²) in [4.78, 5) is 4.42. The summed E-state index contributed by atoms with van der Waals surface area (Å²) < 4.78 is 17.0. The molecule has 2 aliphatic heterocycles. The second kappa shape index (κ2) is 13.6. The maximum Gasteiger partial charge on any atom is 0.191 e. The highest BCUT2D eigenvalue weighted by Crippen LogP contribution is 2.25. The normalized spacial score (nSPS) is 22.9. The van der Waals surface area contributed by atoms with E-state index < -0.39 is 0 Å². The van der Waals surface area contributed by atoms with Crippen LogP contribution in [0.15, 0.2) is 35.3 Å². The Bertz CT molecular complexity index is 649. The molecule has 3 rings (SSSR count). The Morgan fingerprint density at radius 1 is 1.16 bits per heavy atom. The zero-order valence-electron chi connectivity index (χ0n) is 19.1. The Kier molecular flexibility index (Phi) is 11.5. The van der Waals surface area contributed by atoms with Crippen molar-refractivity contribution in [3.63, 3.8) is 0 Å². The Morgan fingerprint density at radius 2 is 1.90 bits per heavy atom. The minimum Gasteiger partial charge on any atom is -0.381 e. The summed E-state index contributed by atoms with van der Waals surface area (Å²) in [5.74, 6) is 0.800. The Morgan fingerprint density at radius 3 is 2.55 bits per heavy atom. The van der Waals surface area contributed by atoms with Crippen molar-refractivity contribution in [2.24, 2.45) is 4.99 Å². The lowest BCUT2D eigenvalue weighted by Crippen LogP contribution is -2.58. The molecule has 176 valence electrons. The summed E-state index contributed by atoms with van der Waals surface area (Å²) in [6.07, 6.45) is 3.14. The number of hydrogen-bond donors (Lipinski definition) is 3. The standard InChI is InChI=1S/C23H38N4O3.HI/c1-18(15-30-21-9-12-29-16-21)26-22(24-3)25-17-23(10-13-28-14-11-23)27-19(2)20-7-5-4-6-8-20;/h4-8,18-19,21,27H,9-17H2,1-3H3,(H2,24,25,26);1H. The third kappa shape index (κ3) is 8.49. The van der Waals surface area contributed by atoms with Crippen LogP contribution in [0.1, 0.15) is 44.7 Å². The molecular formula is C23H39IN4O3. The molecule has 2 heterocycles. The Balaban J connectivity index is 0.00000341. The van der Waals surface area contributed by atoms with Crippen molar-refractivity contribution >= 4 is 29.9 Å². The molecule has 0 radical (unpaired) electrons. The second-order valence-electron chi connectivity index (χ2n) is 8.46. The number of guanidine groups is 1. The molecule has 1 aromatic rings. The average molecular weight is 546 g/mol. The van der Waals surface area contributed by atoms with Crippen LogP contribution in [0, 0.1) is 0 Å². The van der Waals surface area contributed by atoms with Crippen LogP contribution >= 0.6 is 24.0 Å². The van der Waals surface area contributed by atoms with Gasteiger partial charge in [0.25, 0.3) is 0 Å². The number of halogens is 1. The van der Waals surface area contributed by atoms with Crippen molar-refractivity contribution in [2.45, 2.75) is 56.8 Å². The minimum atomic E-state index is -0.0357.